The van der Waals surface area contributed by atoms with E-state index in [1.165, 1.54) is 0 Å². The molecule has 0 aliphatic carbocycles. The van der Waals surface area contributed by atoms with Gasteiger partial charge in [-0.25, -0.2) is 4.98 Å². The van der Waals surface area contributed by atoms with Crippen molar-refractivity contribution in [2.75, 3.05) is 0 Å². The van der Waals surface area contributed by atoms with Crippen molar-refractivity contribution in [3.05, 3.63) is 53.6 Å². The molecule has 80 valence electrons. The zero-order valence-corrected chi connectivity index (χ0v) is 8.80. The Bertz CT molecular complexity index is 522. The molecule has 0 aliphatic rings. The zero-order valence-electron chi connectivity index (χ0n) is 8.80. The van der Waals surface area contributed by atoms with Crippen LogP contribution in [0.25, 0.3) is 0 Å². The summed E-state index contributed by atoms with van der Waals surface area (Å²) in [5, 5.41) is 8.73. The second kappa shape index (κ2) is 4.60. The van der Waals surface area contributed by atoms with Gasteiger partial charge in [0.1, 0.15) is 11.8 Å². The van der Waals surface area contributed by atoms with Crippen LogP contribution in [-0.4, -0.2) is 9.55 Å². The Hall–Kier alpha value is -2.12. The van der Waals surface area contributed by atoms with Crippen LogP contribution >= 0.6 is 0 Å². The fourth-order valence-electron chi connectivity index (χ4n) is 1.55. The van der Waals surface area contributed by atoms with Crippen LogP contribution in [-0.2, 0) is 13.1 Å². The summed E-state index contributed by atoms with van der Waals surface area (Å²) in [4.78, 5) is 3.93. The number of rotatable bonds is 3. The van der Waals surface area contributed by atoms with Gasteiger partial charge in [0.25, 0.3) is 0 Å². The maximum absolute atomic E-state index is 8.73. The smallest absolute Gasteiger partial charge is 0.140 e. The molecule has 0 radical (unpaired) electrons. The number of pyridine rings is 1. The topological polar surface area (TPSA) is 67.6 Å². The summed E-state index contributed by atoms with van der Waals surface area (Å²) in [5.41, 5.74) is 8.15. The number of hydrogen-bond acceptors (Lipinski definition) is 3. The van der Waals surface area contributed by atoms with Crippen LogP contribution in [0.2, 0.25) is 0 Å². The lowest BCUT2D eigenvalue weighted by Crippen LogP contribution is -1.98. The molecule has 0 fully saturated rings. The van der Waals surface area contributed by atoms with Crippen LogP contribution < -0.4 is 5.73 Å². The molecule has 4 nitrogen and oxygen atoms in total. The predicted octanol–water partition coefficient (Wildman–Crippen LogP) is 1.26. The zero-order chi connectivity index (χ0) is 11.4. The molecule has 2 N–H and O–H groups in total. The summed E-state index contributed by atoms with van der Waals surface area (Å²) in [7, 11) is 0. The van der Waals surface area contributed by atoms with Crippen molar-refractivity contribution in [2.24, 2.45) is 5.73 Å². The number of nitrogens with zero attached hydrogens (tertiary/aromatic N) is 3. The van der Waals surface area contributed by atoms with E-state index in [2.05, 4.69) is 4.98 Å². The second-order valence-electron chi connectivity index (χ2n) is 3.56. The Kier molecular flexibility index (Phi) is 2.99. The van der Waals surface area contributed by atoms with Crippen LogP contribution in [0.3, 0.4) is 0 Å². The lowest BCUT2D eigenvalue weighted by Gasteiger charge is -2.02. The summed E-state index contributed by atoms with van der Waals surface area (Å²) >= 11 is 0. The predicted molar refractivity (Wildman–Crippen MR) is 60.4 cm³/mol. The molecule has 2 rings (SSSR count). The van der Waals surface area contributed by atoms with E-state index in [1.807, 2.05) is 35.2 Å². The summed E-state index contributed by atoms with van der Waals surface area (Å²) < 4.78 is 2.04. The third-order valence-corrected chi connectivity index (χ3v) is 2.35. The van der Waals surface area contributed by atoms with Gasteiger partial charge in [0.05, 0.1) is 0 Å². The molecule has 0 amide bonds. The number of aromatic nitrogens is 2. The largest absolute Gasteiger partial charge is 0.350 e. The van der Waals surface area contributed by atoms with Crippen molar-refractivity contribution in [1.82, 2.24) is 9.55 Å². The lowest BCUT2D eigenvalue weighted by atomic mass is 10.2. The Morgan fingerprint density at radius 3 is 2.94 bits per heavy atom. The lowest BCUT2D eigenvalue weighted by molar-refractivity contribution is 0.799. The fraction of sp³-hybridized carbons (Fsp3) is 0.167. The van der Waals surface area contributed by atoms with Crippen molar-refractivity contribution in [2.45, 2.75) is 13.1 Å². The van der Waals surface area contributed by atoms with E-state index in [9.17, 15) is 0 Å². The molecule has 4 heteroatoms. The van der Waals surface area contributed by atoms with E-state index >= 15 is 0 Å². The average molecular weight is 212 g/mol. The van der Waals surface area contributed by atoms with E-state index in [0.717, 1.165) is 17.7 Å². The van der Waals surface area contributed by atoms with Gasteiger partial charge in [-0.15, -0.1) is 0 Å². The maximum atomic E-state index is 8.73. The highest BCUT2D eigenvalue weighted by Crippen LogP contribution is 2.06. The Labute approximate surface area is 94.0 Å². The molecule has 0 spiro atoms. The first-order valence-electron chi connectivity index (χ1n) is 5.01. The molecule has 0 aliphatic heterocycles. The van der Waals surface area contributed by atoms with Crippen LogP contribution in [0.5, 0.6) is 0 Å². The first-order valence-corrected chi connectivity index (χ1v) is 5.01. The normalized spacial score (nSPS) is 10.0. The minimum absolute atomic E-state index is 0.448. The minimum atomic E-state index is 0.448. The third-order valence-electron chi connectivity index (χ3n) is 2.35. The SMILES string of the molecule is N#Cc1cc(Cn2ccc(CN)c2)ccn1. The summed E-state index contributed by atoms with van der Waals surface area (Å²) in [6, 6.07) is 7.72. The molecule has 2 aromatic heterocycles. The molecule has 0 unspecified atom stereocenters. The minimum Gasteiger partial charge on any atom is -0.350 e. The molecule has 0 aromatic carbocycles. The second-order valence-corrected chi connectivity index (χ2v) is 3.56. The van der Waals surface area contributed by atoms with Crippen molar-refractivity contribution in [1.29, 1.82) is 5.26 Å². The number of nitriles is 1. The molecule has 0 atom stereocenters. The molecular weight excluding hydrogens is 200 g/mol. The summed E-state index contributed by atoms with van der Waals surface area (Å²) in [5.74, 6) is 0. The van der Waals surface area contributed by atoms with Gasteiger partial charge in [0.2, 0.25) is 0 Å². The first kappa shape index (κ1) is 10.4. The standard InChI is InChI=1S/C12H12N4/c13-6-11-2-4-16(9-11)8-10-1-3-15-12(5-10)7-14/h1-5,9H,6,8,13H2. The Morgan fingerprint density at radius 2 is 2.25 bits per heavy atom. The van der Waals surface area contributed by atoms with Crippen molar-refractivity contribution in [3.8, 4) is 6.07 Å². The van der Waals surface area contributed by atoms with E-state index in [0.29, 0.717) is 12.2 Å². The highest BCUT2D eigenvalue weighted by Gasteiger charge is 1.99. The van der Waals surface area contributed by atoms with Crippen LogP contribution in [0.1, 0.15) is 16.8 Å². The van der Waals surface area contributed by atoms with Gasteiger partial charge < -0.3 is 10.3 Å². The van der Waals surface area contributed by atoms with Gasteiger partial charge in [-0.2, -0.15) is 5.26 Å². The molecule has 2 heterocycles. The van der Waals surface area contributed by atoms with E-state index in [-0.39, 0.29) is 0 Å². The monoisotopic (exact) mass is 212 g/mol. The van der Waals surface area contributed by atoms with E-state index in [1.54, 1.807) is 12.3 Å². The van der Waals surface area contributed by atoms with Gasteiger partial charge >= 0.3 is 0 Å². The Morgan fingerprint density at radius 1 is 1.38 bits per heavy atom. The van der Waals surface area contributed by atoms with Crippen molar-refractivity contribution in [3.63, 3.8) is 0 Å². The highest BCUT2D eigenvalue weighted by atomic mass is 14.9. The Balaban J connectivity index is 2.17. The van der Waals surface area contributed by atoms with Gasteiger partial charge in [-0.3, -0.25) is 0 Å². The molecular formula is C12H12N4. The van der Waals surface area contributed by atoms with Crippen molar-refractivity contribution >= 4 is 0 Å². The van der Waals surface area contributed by atoms with Gasteiger partial charge in [0, 0.05) is 31.7 Å². The maximum Gasteiger partial charge on any atom is 0.140 e. The fourth-order valence-corrected chi connectivity index (χ4v) is 1.55. The quantitative estimate of drug-likeness (QED) is 0.832. The summed E-state index contributed by atoms with van der Waals surface area (Å²) in [6.45, 7) is 1.28. The van der Waals surface area contributed by atoms with Gasteiger partial charge in [0.15, 0.2) is 0 Å². The van der Waals surface area contributed by atoms with Crippen LogP contribution in [0.4, 0.5) is 0 Å². The average Bonchev–Trinajstić information content (AvgIpc) is 2.77. The molecule has 0 bridgehead atoms. The summed E-state index contributed by atoms with van der Waals surface area (Å²) in [6.07, 6.45) is 5.64. The molecule has 0 saturated heterocycles. The number of hydrogen-bond donors (Lipinski definition) is 1. The first-order chi connectivity index (χ1) is 7.81. The van der Waals surface area contributed by atoms with Gasteiger partial charge in [-0.1, -0.05) is 0 Å². The molecule has 16 heavy (non-hydrogen) atoms. The van der Waals surface area contributed by atoms with Crippen LogP contribution in [0, 0.1) is 11.3 Å². The van der Waals surface area contributed by atoms with Crippen LogP contribution in [0.15, 0.2) is 36.8 Å². The van der Waals surface area contributed by atoms with E-state index in [4.69, 9.17) is 11.0 Å². The molecule has 0 saturated carbocycles. The van der Waals surface area contributed by atoms with E-state index < -0.39 is 0 Å². The number of nitrogens with two attached hydrogens (primary N) is 1. The van der Waals surface area contributed by atoms with Crippen molar-refractivity contribution < 1.29 is 0 Å². The third kappa shape index (κ3) is 2.27. The molecule has 2 aromatic rings. The highest BCUT2D eigenvalue weighted by molar-refractivity contribution is 5.26. The van der Waals surface area contributed by atoms with Gasteiger partial charge in [-0.05, 0) is 29.3 Å².